The van der Waals surface area contributed by atoms with Gasteiger partial charge in [-0.25, -0.2) is 4.79 Å². The molecule has 0 aliphatic rings. The number of ether oxygens (including phenoxy) is 1. The van der Waals surface area contributed by atoms with Crippen LogP contribution in [0.5, 0.6) is 0 Å². The first-order valence-electron chi connectivity index (χ1n) is 6.55. The molecule has 0 radical (unpaired) electrons. The molecule has 0 fully saturated rings. The van der Waals surface area contributed by atoms with E-state index in [1.54, 1.807) is 12.1 Å². The first kappa shape index (κ1) is 17.9. The highest BCUT2D eigenvalue weighted by molar-refractivity contribution is 14.1. The Kier molecular flexibility index (Phi) is 6.15. The Hall–Kier alpha value is -1.15. The average molecular weight is 405 g/mol. The number of halogens is 1. The summed E-state index contributed by atoms with van der Waals surface area (Å²) in [5, 5.41) is 12.1. The number of esters is 1. The highest BCUT2D eigenvalue weighted by Gasteiger charge is 2.16. The monoisotopic (exact) mass is 405 g/mol. The van der Waals surface area contributed by atoms with Crippen LogP contribution >= 0.6 is 22.6 Å². The predicted molar refractivity (Wildman–Crippen MR) is 88.4 cm³/mol. The van der Waals surface area contributed by atoms with Crippen molar-refractivity contribution >= 4 is 34.5 Å². The highest BCUT2D eigenvalue weighted by Crippen LogP contribution is 2.19. The van der Waals surface area contributed by atoms with Crippen molar-refractivity contribution in [1.82, 2.24) is 5.32 Å². The molecule has 0 aliphatic carbocycles. The second kappa shape index (κ2) is 7.22. The number of carbonyl (C=O) groups excluding carboxylic acids is 1. The van der Waals surface area contributed by atoms with E-state index in [1.807, 2.05) is 27.7 Å². The highest BCUT2D eigenvalue weighted by atomic mass is 127. The number of hydrogen-bond donors (Lipinski definition) is 2. The van der Waals surface area contributed by atoms with E-state index < -0.39 is 11.6 Å². The topological polar surface area (TPSA) is 75.6 Å². The van der Waals surface area contributed by atoms with Gasteiger partial charge in [0.2, 0.25) is 0 Å². The molecule has 1 aromatic carbocycles. The van der Waals surface area contributed by atoms with Crippen LogP contribution in [-0.2, 0) is 16.1 Å². The molecular weight excluding hydrogens is 385 g/mol. The summed E-state index contributed by atoms with van der Waals surface area (Å²) in [6.07, 6.45) is 0. The number of rotatable bonds is 5. The number of benzene rings is 1. The lowest BCUT2D eigenvalue weighted by Crippen LogP contribution is -2.31. The molecule has 0 heterocycles. The molecule has 21 heavy (non-hydrogen) atoms. The molecular formula is C15H20INO4. The van der Waals surface area contributed by atoms with Crippen molar-refractivity contribution in [3.8, 4) is 0 Å². The van der Waals surface area contributed by atoms with E-state index in [4.69, 9.17) is 9.84 Å². The first-order chi connectivity index (χ1) is 9.60. The molecule has 0 unspecified atom stereocenters. The lowest BCUT2D eigenvalue weighted by molar-refractivity contribution is -0.153. The summed E-state index contributed by atoms with van der Waals surface area (Å²) in [5.74, 6) is -1.29. The van der Waals surface area contributed by atoms with Crippen LogP contribution in [0.1, 0.15) is 42.3 Å². The molecule has 0 saturated heterocycles. The third-order valence-corrected chi connectivity index (χ3v) is 3.82. The van der Waals surface area contributed by atoms with E-state index in [2.05, 4.69) is 27.9 Å². The van der Waals surface area contributed by atoms with E-state index >= 15 is 0 Å². The molecule has 0 amide bonds. The molecule has 0 aliphatic heterocycles. The number of carbonyl (C=O) groups is 2. The fraction of sp³-hybridized carbons (Fsp3) is 0.467. The molecule has 0 bridgehead atoms. The maximum absolute atomic E-state index is 11.6. The Morgan fingerprint density at radius 1 is 1.33 bits per heavy atom. The summed E-state index contributed by atoms with van der Waals surface area (Å²) in [6, 6.07) is 3.26. The van der Waals surface area contributed by atoms with Crippen molar-refractivity contribution in [3.63, 3.8) is 0 Å². The van der Waals surface area contributed by atoms with E-state index in [-0.39, 0.29) is 18.1 Å². The van der Waals surface area contributed by atoms with Crippen molar-refractivity contribution in [3.05, 3.63) is 32.4 Å². The van der Waals surface area contributed by atoms with Crippen molar-refractivity contribution < 1.29 is 19.4 Å². The van der Waals surface area contributed by atoms with Crippen LogP contribution in [0.3, 0.4) is 0 Å². The standard InChI is InChI=1S/C15H20INO4/c1-9-11(5-10(14(19)20)6-12(9)16)7-17-8-13(18)21-15(2,3)4/h5-6,17H,7-8H2,1-4H3,(H,19,20). The summed E-state index contributed by atoms with van der Waals surface area (Å²) in [7, 11) is 0. The molecule has 116 valence electrons. The Morgan fingerprint density at radius 2 is 1.95 bits per heavy atom. The van der Waals surface area contributed by atoms with E-state index in [9.17, 15) is 9.59 Å². The van der Waals surface area contributed by atoms with Crippen LogP contribution in [-0.4, -0.2) is 29.2 Å². The Morgan fingerprint density at radius 3 is 2.48 bits per heavy atom. The van der Waals surface area contributed by atoms with Gasteiger partial charge in [0.05, 0.1) is 12.1 Å². The number of carboxylic acids is 1. The minimum atomic E-state index is -0.957. The van der Waals surface area contributed by atoms with Gasteiger partial charge < -0.3 is 15.2 Å². The lowest BCUT2D eigenvalue weighted by Gasteiger charge is -2.19. The molecule has 1 rings (SSSR count). The number of hydrogen-bond acceptors (Lipinski definition) is 4. The van der Waals surface area contributed by atoms with Gasteiger partial charge in [-0.05, 0) is 73.5 Å². The maximum atomic E-state index is 11.6. The van der Waals surface area contributed by atoms with Gasteiger partial charge in [0, 0.05) is 10.1 Å². The second-order valence-corrected chi connectivity index (χ2v) is 6.90. The molecule has 0 saturated carbocycles. The van der Waals surface area contributed by atoms with Gasteiger partial charge in [-0.2, -0.15) is 0 Å². The molecule has 6 heteroatoms. The summed E-state index contributed by atoms with van der Waals surface area (Å²) in [5.41, 5.74) is 1.62. The fourth-order valence-corrected chi connectivity index (χ4v) is 2.40. The normalized spacial score (nSPS) is 11.3. The summed E-state index contributed by atoms with van der Waals surface area (Å²) < 4.78 is 6.08. The van der Waals surface area contributed by atoms with E-state index in [0.29, 0.717) is 6.54 Å². The largest absolute Gasteiger partial charge is 0.478 e. The SMILES string of the molecule is Cc1c(I)cc(C(=O)O)cc1CNCC(=O)OC(C)(C)C. The van der Waals surface area contributed by atoms with E-state index in [0.717, 1.165) is 14.7 Å². The van der Waals surface area contributed by atoms with Gasteiger partial charge in [0.1, 0.15) is 5.60 Å². The van der Waals surface area contributed by atoms with Gasteiger partial charge in [0.15, 0.2) is 0 Å². The second-order valence-electron chi connectivity index (χ2n) is 5.74. The Labute approximate surface area is 138 Å². The minimum Gasteiger partial charge on any atom is -0.478 e. The fourth-order valence-electron chi connectivity index (χ4n) is 1.72. The zero-order chi connectivity index (χ0) is 16.2. The van der Waals surface area contributed by atoms with Gasteiger partial charge in [0.25, 0.3) is 0 Å². The molecule has 0 aromatic heterocycles. The molecule has 1 aromatic rings. The van der Waals surface area contributed by atoms with Crippen molar-refractivity contribution in [2.75, 3.05) is 6.54 Å². The summed E-state index contributed by atoms with van der Waals surface area (Å²) in [6.45, 7) is 7.87. The van der Waals surface area contributed by atoms with Crippen LogP contribution < -0.4 is 5.32 Å². The Bertz CT molecular complexity index is 549. The van der Waals surface area contributed by atoms with Crippen molar-refractivity contribution in [2.45, 2.75) is 39.8 Å². The molecule has 0 atom stereocenters. The predicted octanol–water partition coefficient (Wildman–Crippen LogP) is 2.73. The molecule has 2 N–H and O–H groups in total. The smallest absolute Gasteiger partial charge is 0.335 e. The molecule has 0 spiro atoms. The summed E-state index contributed by atoms with van der Waals surface area (Å²) >= 11 is 2.11. The quantitative estimate of drug-likeness (QED) is 0.582. The van der Waals surface area contributed by atoms with Crippen LogP contribution in [0.2, 0.25) is 0 Å². The van der Waals surface area contributed by atoms with Crippen molar-refractivity contribution in [2.24, 2.45) is 0 Å². The molecule has 5 nitrogen and oxygen atoms in total. The van der Waals surface area contributed by atoms with Crippen LogP contribution in [0.15, 0.2) is 12.1 Å². The Balaban J connectivity index is 2.67. The third kappa shape index (κ3) is 6.01. The van der Waals surface area contributed by atoms with Crippen LogP contribution in [0.25, 0.3) is 0 Å². The zero-order valence-corrected chi connectivity index (χ0v) is 14.8. The van der Waals surface area contributed by atoms with Crippen LogP contribution in [0, 0.1) is 10.5 Å². The van der Waals surface area contributed by atoms with Gasteiger partial charge in [-0.1, -0.05) is 0 Å². The number of carboxylic acid groups (broad SMARTS) is 1. The van der Waals surface area contributed by atoms with Crippen LogP contribution in [0.4, 0.5) is 0 Å². The minimum absolute atomic E-state index is 0.0879. The summed E-state index contributed by atoms with van der Waals surface area (Å²) in [4.78, 5) is 22.7. The van der Waals surface area contributed by atoms with Crippen molar-refractivity contribution in [1.29, 1.82) is 0 Å². The van der Waals surface area contributed by atoms with Gasteiger partial charge in [-0.15, -0.1) is 0 Å². The average Bonchev–Trinajstić information content (AvgIpc) is 2.31. The van der Waals surface area contributed by atoms with E-state index in [1.165, 1.54) is 0 Å². The maximum Gasteiger partial charge on any atom is 0.335 e. The lowest BCUT2D eigenvalue weighted by atomic mass is 10.0. The van der Waals surface area contributed by atoms with Gasteiger partial charge >= 0.3 is 11.9 Å². The first-order valence-corrected chi connectivity index (χ1v) is 7.63. The van der Waals surface area contributed by atoms with Gasteiger partial charge in [-0.3, -0.25) is 4.79 Å². The zero-order valence-electron chi connectivity index (χ0n) is 12.6. The third-order valence-electron chi connectivity index (χ3n) is 2.70. The number of nitrogens with one attached hydrogen (secondary N) is 1. The number of aromatic carboxylic acids is 1.